The largest absolute Gasteiger partial charge is 0.467 e. The summed E-state index contributed by atoms with van der Waals surface area (Å²) in [6.45, 7) is 17.6. The maximum absolute atomic E-state index is 12.6. The third-order valence-electron chi connectivity index (χ3n) is 7.47. The molecule has 1 unspecified atom stereocenters. The molecular formula is C32H46N2O4. The van der Waals surface area contributed by atoms with Gasteiger partial charge in [0.1, 0.15) is 12.1 Å². The molecule has 6 heteroatoms. The van der Waals surface area contributed by atoms with Crippen LogP contribution in [0.2, 0.25) is 0 Å². The van der Waals surface area contributed by atoms with E-state index in [-0.39, 0.29) is 34.8 Å². The van der Waals surface area contributed by atoms with Gasteiger partial charge in [-0.3, -0.25) is 0 Å². The summed E-state index contributed by atoms with van der Waals surface area (Å²) < 4.78 is 10.6. The highest BCUT2D eigenvalue weighted by Gasteiger charge is 2.35. The quantitative estimate of drug-likeness (QED) is 0.432. The summed E-state index contributed by atoms with van der Waals surface area (Å²) in [5.41, 5.74) is 5.22. The van der Waals surface area contributed by atoms with Crippen molar-refractivity contribution < 1.29 is 19.1 Å². The molecule has 0 spiro atoms. The molecule has 1 saturated heterocycles. The van der Waals surface area contributed by atoms with Crippen LogP contribution in [0.3, 0.4) is 0 Å². The fourth-order valence-electron chi connectivity index (χ4n) is 5.05. The second kappa shape index (κ2) is 11.9. The molecule has 208 valence electrons. The van der Waals surface area contributed by atoms with E-state index >= 15 is 0 Å². The van der Waals surface area contributed by atoms with E-state index in [9.17, 15) is 9.59 Å². The Kier molecular flexibility index (Phi) is 9.30. The van der Waals surface area contributed by atoms with Crippen LogP contribution in [0.5, 0.6) is 0 Å². The molecule has 2 aromatic carbocycles. The highest BCUT2D eigenvalue weighted by molar-refractivity contribution is 5.81. The highest BCUT2D eigenvalue weighted by atomic mass is 16.6. The maximum atomic E-state index is 12.6. The predicted molar refractivity (Wildman–Crippen MR) is 153 cm³/mol. The Morgan fingerprint density at radius 2 is 1.34 bits per heavy atom. The van der Waals surface area contributed by atoms with E-state index in [0.717, 1.165) is 0 Å². The molecule has 6 nitrogen and oxygen atoms in total. The van der Waals surface area contributed by atoms with Crippen molar-refractivity contribution in [3.05, 3.63) is 70.8 Å². The number of alkyl carbamates (subject to hydrolysis) is 1. The van der Waals surface area contributed by atoms with Crippen LogP contribution < -0.4 is 10.6 Å². The second-order valence-electron chi connectivity index (χ2n) is 12.9. The lowest BCUT2D eigenvalue weighted by Gasteiger charge is -2.27. The lowest BCUT2D eigenvalue weighted by atomic mass is 9.80. The highest BCUT2D eigenvalue weighted by Crippen LogP contribution is 2.35. The standard InChI is InChI=1S/C32H46N2O4/c1-20(2)28(29(35)37-9)34-30(36)38-25-18-26(33-19-25)27(21-10-14-23(15-11-21)31(3,4)5)22-12-16-24(17-13-22)32(6,7)8/h10-17,20,25-28,33H,18-19H2,1-9H3,(H,34,36)/t25-,26?,28+/m1/s1. The molecule has 0 aliphatic carbocycles. The van der Waals surface area contributed by atoms with Crippen molar-refractivity contribution in [2.75, 3.05) is 13.7 Å². The molecule has 0 saturated carbocycles. The number of amides is 1. The molecule has 0 radical (unpaired) electrons. The number of methoxy groups -OCH3 is 1. The molecule has 1 heterocycles. The van der Waals surface area contributed by atoms with Gasteiger partial charge in [-0.1, -0.05) is 104 Å². The first-order valence-electron chi connectivity index (χ1n) is 13.7. The third kappa shape index (κ3) is 7.37. The van der Waals surface area contributed by atoms with Gasteiger partial charge in [0.2, 0.25) is 0 Å². The summed E-state index contributed by atoms with van der Waals surface area (Å²) in [5.74, 6) is -0.481. The van der Waals surface area contributed by atoms with Gasteiger partial charge in [0.05, 0.1) is 7.11 Å². The summed E-state index contributed by atoms with van der Waals surface area (Å²) >= 11 is 0. The summed E-state index contributed by atoms with van der Waals surface area (Å²) in [6, 6.07) is 17.2. The Morgan fingerprint density at radius 3 is 1.74 bits per heavy atom. The van der Waals surface area contributed by atoms with Crippen molar-refractivity contribution in [3.63, 3.8) is 0 Å². The van der Waals surface area contributed by atoms with E-state index in [1.165, 1.54) is 29.4 Å². The Hall–Kier alpha value is -2.86. The SMILES string of the molecule is COC(=O)[C@@H](NC(=O)O[C@H]1CNC(C(c2ccc(C(C)(C)C)cc2)c2ccc(C(C)(C)C)cc2)C1)C(C)C. The van der Waals surface area contributed by atoms with Crippen LogP contribution >= 0.6 is 0 Å². The van der Waals surface area contributed by atoms with Gasteiger partial charge in [0, 0.05) is 24.9 Å². The minimum atomic E-state index is -0.743. The number of carbonyl (C=O) groups is 2. The van der Waals surface area contributed by atoms with Crippen LogP contribution in [0.4, 0.5) is 4.79 Å². The molecule has 3 atom stereocenters. The number of ether oxygens (including phenoxy) is 2. The van der Waals surface area contributed by atoms with Crippen LogP contribution in [-0.4, -0.2) is 43.9 Å². The summed E-state index contributed by atoms with van der Waals surface area (Å²) in [4.78, 5) is 24.7. The van der Waals surface area contributed by atoms with Crippen LogP contribution in [0.15, 0.2) is 48.5 Å². The summed E-state index contributed by atoms with van der Waals surface area (Å²) in [5, 5.41) is 6.29. The monoisotopic (exact) mass is 522 g/mol. The average molecular weight is 523 g/mol. The number of hydrogen-bond acceptors (Lipinski definition) is 5. The molecule has 38 heavy (non-hydrogen) atoms. The molecule has 1 aliphatic heterocycles. The second-order valence-corrected chi connectivity index (χ2v) is 12.9. The first kappa shape index (κ1) is 29.7. The van der Waals surface area contributed by atoms with E-state index in [0.29, 0.717) is 13.0 Å². The summed E-state index contributed by atoms with van der Waals surface area (Å²) in [6.07, 6.45) is -0.220. The number of carbonyl (C=O) groups excluding carboxylic acids is 2. The van der Waals surface area contributed by atoms with Gasteiger partial charge in [-0.2, -0.15) is 0 Å². The van der Waals surface area contributed by atoms with Gasteiger partial charge in [-0.15, -0.1) is 0 Å². The molecule has 2 N–H and O–H groups in total. The molecule has 1 aliphatic rings. The molecule has 0 bridgehead atoms. The third-order valence-corrected chi connectivity index (χ3v) is 7.47. The normalized spacial score (nSPS) is 18.9. The fourth-order valence-corrected chi connectivity index (χ4v) is 5.05. The molecule has 1 fully saturated rings. The van der Waals surface area contributed by atoms with Crippen LogP contribution in [-0.2, 0) is 25.1 Å². The Balaban J connectivity index is 1.81. The van der Waals surface area contributed by atoms with Gasteiger partial charge >= 0.3 is 12.1 Å². The van der Waals surface area contributed by atoms with Crippen molar-refractivity contribution >= 4 is 12.1 Å². The van der Waals surface area contributed by atoms with Crippen molar-refractivity contribution in [2.24, 2.45) is 5.92 Å². The topological polar surface area (TPSA) is 76.7 Å². The first-order valence-corrected chi connectivity index (χ1v) is 13.7. The first-order chi connectivity index (χ1) is 17.7. The molecule has 1 amide bonds. The van der Waals surface area contributed by atoms with E-state index < -0.39 is 18.1 Å². The Morgan fingerprint density at radius 1 is 0.868 bits per heavy atom. The number of rotatable bonds is 7. The predicted octanol–water partition coefficient (Wildman–Crippen LogP) is 6.07. The van der Waals surface area contributed by atoms with Crippen molar-refractivity contribution in [3.8, 4) is 0 Å². The van der Waals surface area contributed by atoms with Gasteiger partial charge in [0.15, 0.2) is 0 Å². The van der Waals surface area contributed by atoms with Crippen LogP contribution in [0, 0.1) is 5.92 Å². The van der Waals surface area contributed by atoms with Gasteiger partial charge in [-0.05, 0) is 39.0 Å². The van der Waals surface area contributed by atoms with Crippen molar-refractivity contribution in [2.45, 2.75) is 96.7 Å². The zero-order valence-corrected chi connectivity index (χ0v) is 24.6. The smallest absolute Gasteiger partial charge is 0.408 e. The minimum Gasteiger partial charge on any atom is -0.467 e. The minimum absolute atomic E-state index is 0.0817. The lowest BCUT2D eigenvalue weighted by molar-refractivity contribution is -0.144. The molecule has 0 aromatic heterocycles. The van der Waals surface area contributed by atoms with Gasteiger partial charge < -0.3 is 20.1 Å². The number of nitrogens with one attached hydrogen (secondary N) is 2. The maximum Gasteiger partial charge on any atom is 0.408 e. The molecule has 3 rings (SSSR count). The van der Waals surface area contributed by atoms with E-state index in [1.807, 2.05) is 13.8 Å². The zero-order valence-electron chi connectivity index (χ0n) is 24.6. The number of hydrogen-bond donors (Lipinski definition) is 2. The van der Waals surface area contributed by atoms with E-state index in [2.05, 4.69) is 101 Å². The van der Waals surface area contributed by atoms with E-state index in [1.54, 1.807) is 0 Å². The zero-order chi connectivity index (χ0) is 28.3. The van der Waals surface area contributed by atoms with Crippen molar-refractivity contribution in [1.82, 2.24) is 10.6 Å². The summed E-state index contributed by atoms with van der Waals surface area (Å²) in [7, 11) is 1.32. The lowest BCUT2D eigenvalue weighted by Crippen LogP contribution is -2.46. The number of esters is 1. The van der Waals surface area contributed by atoms with Gasteiger partial charge in [-0.25, -0.2) is 9.59 Å². The Bertz CT molecular complexity index is 1020. The Labute approximate surface area is 228 Å². The fraction of sp³-hybridized carbons (Fsp3) is 0.562. The number of benzene rings is 2. The van der Waals surface area contributed by atoms with Crippen LogP contribution in [0.1, 0.15) is 90.0 Å². The van der Waals surface area contributed by atoms with Crippen LogP contribution in [0.25, 0.3) is 0 Å². The average Bonchev–Trinajstić information content (AvgIpc) is 3.29. The molecule has 2 aromatic rings. The van der Waals surface area contributed by atoms with Gasteiger partial charge in [0.25, 0.3) is 0 Å². The van der Waals surface area contributed by atoms with Crippen molar-refractivity contribution in [1.29, 1.82) is 0 Å². The molecular weight excluding hydrogens is 476 g/mol. The van der Waals surface area contributed by atoms with E-state index in [4.69, 9.17) is 9.47 Å².